The van der Waals surface area contributed by atoms with Gasteiger partial charge in [-0.15, -0.1) is 0 Å². The number of urea groups is 1. The normalized spacial score (nSPS) is 10.3. The Morgan fingerprint density at radius 3 is 2.65 bits per heavy atom. The Morgan fingerprint density at radius 1 is 1.27 bits per heavy atom. The van der Waals surface area contributed by atoms with Crippen LogP contribution in [-0.4, -0.2) is 36.7 Å². The molecule has 0 aliphatic rings. The van der Waals surface area contributed by atoms with E-state index >= 15 is 0 Å². The molecule has 140 valence electrons. The maximum atomic E-state index is 13.7. The second kappa shape index (κ2) is 9.60. The van der Waals surface area contributed by atoms with Gasteiger partial charge in [0, 0.05) is 32.4 Å². The van der Waals surface area contributed by atoms with Crippen molar-refractivity contribution in [3.05, 3.63) is 53.5 Å². The van der Waals surface area contributed by atoms with Crippen molar-refractivity contribution in [1.29, 1.82) is 0 Å². The number of ether oxygens (including phenoxy) is 2. The Hall–Kier alpha value is -2.83. The first-order chi connectivity index (χ1) is 12.5. The number of methoxy groups -OCH3 is 1. The molecule has 1 N–H and O–H groups in total. The summed E-state index contributed by atoms with van der Waals surface area (Å²) in [5.74, 6) is 0.301. The van der Waals surface area contributed by atoms with Gasteiger partial charge in [-0.1, -0.05) is 19.1 Å². The average Bonchev–Trinajstić information content (AvgIpc) is 2.65. The van der Waals surface area contributed by atoms with Crippen molar-refractivity contribution in [2.24, 2.45) is 0 Å². The van der Waals surface area contributed by atoms with E-state index in [4.69, 9.17) is 9.47 Å². The van der Waals surface area contributed by atoms with Crippen molar-refractivity contribution in [3.63, 3.8) is 0 Å². The standard InChI is InChI=1S/C19H24FN3O3/c1-4-9-26-18-8-6-15(11-21-18)12-22-19(24)23(2)13-14-5-7-17(25-3)16(20)10-14/h5-8,10-11H,4,9,12-13H2,1-3H3,(H,22,24). The lowest BCUT2D eigenvalue weighted by molar-refractivity contribution is 0.206. The number of hydrogen-bond acceptors (Lipinski definition) is 4. The highest BCUT2D eigenvalue weighted by Crippen LogP contribution is 2.18. The molecule has 0 fully saturated rings. The predicted molar refractivity (Wildman–Crippen MR) is 96.7 cm³/mol. The first kappa shape index (κ1) is 19.5. The molecule has 0 aliphatic carbocycles. The van der Waals surface area contributed by atoms with Crippen LogP contribution in [0.3, 0.4) is 0 Å². The lowest BCUT2D eigenvalue weighted by atomic mass is 10.2. The summed E-state index contributed by atoms with van der Waals surface area (Å²) in [5, 5.41) is 2.81. The largest absolute Gasteiger partial charge is 0.494 e. The number of hydrogen-bond donors (Lipinski definition) is 1. The van der Waals surface area contributed by atoms with E-state index in [0.717, 1.165) is 12.0 Å². The highest BCUT2D eigenvalue weighted by atomic mass is 19.1. The van der Waals surface area contributed by atoms with Crippen LogP contribution in [0.5, 0.6) is 11.6 Å². The molecule has 0 atom stereocenters. The topological polar surface area (TPSA) is 63.7 Å². The maximum absolute atomic E-state index is 13.7. The van der Waals surface area contributed by atoms with E-state index in [1.165, 1.54) is 18.1 Å². The van der Waals surface area contributed by atoms with Crippen molar-refractivity contribution in [3.8, 4) is 11.6 Å². The van der Waals surface area contributed by atoms with Crippen molar-refractivity contribution >= 4 is 6.03 Å². The number of aromatic nitrogens is 1. The van der Waals surface area contributed by atoms with Crippen LogP contribution in [0.4, 0.5) is 9.18 Å². The monoisotopic (exact) mass is 361 g/mol. The number of nitrogens with zero attached hydrogens (tertiary/aromatic N) is 2. The number of carbonyl (C=O) groups excluding carboxylic acids is 1. The second-order valence-corrected chi connectivity index (χ2v) is 5.84. The zero-order valence-corrected chi connectivity index (χ0v) is 15.3. The van der Waals surface area contributed by atoms with Gasteiger partial charge < -0.3 is 19.7 Å². The summed E-state index contributed by atoms with van der Waals surface area (Å²) in [6.07, 6.45) is 2.59. The van der Waals surface area contributed by atoms with Gasteiger partial charge >= 0.3 is 6.03 Å². The first-order valence-electron chi connectivity index (χ1n) is 8.42. The minimum absolute atomic E-state index is 0.180. The lowest BCUT2D eigenvalue weighted by Crippen LogP contribution is -2.36. The Labute approximate surface area is 152 Å². The molecule has 0 spiro atoms. The molecule has 0 radical (unpaired) electrons. The number of benzene rings is 1. The average molecular weight is 361 g/mol. The first-order valence-corrected chi connectivity index (χ1v) is 8.42. The molecule has 2 amide bonds. The summed E-state index contributed by atoms with van der Waals surface area (Å²) >= 11 is 0. The number of amides is 2. The smallest absolute Gasteiger partial charge is 0.317 e. The molecule has 0 unspecified atom stereocenters. The molecule has 0 saturated carbocycles. The van der Waals surface area contributed by atoms with Gasteiger partial charge in [-0.25, -0.2) is 14.2 Å². The third-order valence-corrected chi connectivity index (χ3v) is 3.68. The molecule has 0 saturated heterocycles. The SMILES string of the molecule is CCCOc1ccc(CNC(=O)N(C)Cc2ccc(OC)c(F)c2)cn1. The summed E-state index contributed by atoms with van der Waals surface area (Å²) in [4.78, 5) is 17.9. The summed E-state index contributed by atoms with van der Waals surface area (Å²) < 4.78 is 24.0. The third-order valence-electron chi connectivity index (χ3n) is 3.68. The zero-order valence-electron chi connectivity index (χ0n) is 15.3. The quantitative estimate of drug-likeness (QED) is 0.783. The van der Waals surface area contributed by atoms with Gasteiger partial charge in [-0.2, -0.15) is 0 Å². The molecule has 26 heavy (non-hydrogen) atoms. The van der Waals surface area contributed by atoms with Crippen LogP contribution >= 0.6 is 0 Å². The molecular weight excluding hydrogens is 337 g/mol. The summed E-state index contributed by atoms with van der Waals surface area (Å²) in [7, 11) is 3.06. The maximum Gasteiger partial charge on any atom is 0.317 e. The number of carbonyl (C=O) groups is 1. The molecule has 6 nitrogen and oxygen atoms in total. The van der Waals surface area contributed by atoms with Crippen LogP contribution in [0.1, 0.15) is 24.5 Å². The molecule has 2 rings (SSSR count). The molecule has 1 heterocycles. The van der Waals surface area contributed by atoms with Crippen LogP contribution in [-0.2, 0) is 13.1 Å². The number of halogens is 1. The van der Waals surface area contributed by atoms with Gasteiger partial charge in [0.25, 0.3) is 0 Å². The highest BCUT2D eigenvalue weighted by molar-refractivity contribution is 5.73. The fourth-order valence-electron chi connectivity index (χ4n) is 2.27. The molecule has 0 bridgehead atoms. The van der Waals surface area contributed by atoms with E-state index < -0.39 is 5.82 Å². The third kappa shape index (κ3) is 5.61. The minimum atomic E-state index is -0.449. The van der Waals surface area contributed by atoms with Crippen LogP contribution in [0, 0.1) is 5.82 Å². The van der Waals surface area contributed by atoms with E-state index in [-0.39, 0.29) is 18.3 Å². The van der Waals surface area contributed by atoms with Crippen LogP contribution in [0.2, 0.25) is 0 Å². The Kier molecular flexibility index (Phi) is 7.20. The van der Waals surface area contributed by atoms with Gasteiger partial charge in [-0.05, 0) is 29.7 Å². The van der Waals surface area contributed by atoms with E-state index in [1.807, 2.05) is 13.0 Å². The fourth-order valence-corrected chi connectivity index (χ4v) is 2.27. The summed E-state index contributed by atoms with van der Waals surface area (Å²) in [5.41, 5.74) is 1.55. The Bertz CT molecular complexity index is 722. The zero-order chi connectivity index (χ0) is 18.9. The lowest BCUT2D eigenvalue weighted by Gasteiger charge is -2.18. The molecule has 2 aromatic rings. The second-order valence-electron chi connectivity index (χ2n) is 5.84. The van der Waals surface area contributed by atoms with Crippen molar-refractivity contribution in [2.45, 2.75) is 26.4 Å². The van der Waals surface area contributed by atoms with Crippen molar-refractivity contribution in [2.75, 3.05) is 20.8 Å². The number of pyridine rings is 1. The fraction of sp³-hybridized carbons (Fsp3) is 0.368. The van der Waals surface area contributed by atoms with Crippen LogP contribution in [0.25, 0.3) is 0 Å². The van der Waals surface area contributed by atoms with Gasteiger partial charge in [0.1, 0.15) is 0 Å². The number of nitrogens with one attached hydrogen (secondary N) is 1. The van der Waals surface area contributed by atoms with Crippen LogP contribution < -0.4 is 14.8 Å². The Morgan fingerprint density at radius 2 is 2.04 bits per heavy atom. The number of rotatable bonds is 8. The minimum Gasteiger partial charge on any atom is -0.494 e. The van der Waals surface area contributed by atoms with Gasteiger partial charge in [0.2, 0.25) is 5.88 Å². The molecular formula is C19H24FN3O3. The van der Waals surface area contributed by atoms with E-state index in [0.29, 0.717) is 24.6 Å². The van der Waals surface area contributed by atoms with E-state index in [1.54, 1.807) is 31.4 Å². The molecule has 7 heteroatoms. The summed E-state index contributed by atoms with van der Waals surface area (Å²) in [6, 6.07) is 8.02. The van der Waals surface area contributed by atoms with Gasteiger partial charge in [-0.3, -0.25) is 0 Å². The van der Waals surface area contributed by atoms with Gasteiger partial charge in [0.15, 0.2) is 11.6 Å². The van der Waals surface area contributed by atoms with Gasteiger partial charge in [0.05, 0.1) is 13.7 Å². The highest BCUT2D eigenvalue weighted by Gasteiger charge is 2.11. The molecule has 1 aromatic heterocycles. The predicted octanol–water partition coefficient (Wildman–Crippen LogP) is 3.36. The molecule has 1 aromatic carbocycles. The van der Waals surface area contributed by atoms with Crippen molar-refractivity contribution in [1.82, 2.24) is 15.2 Å². The van der Waals surface area contributed by atoms with E-state index in [9.17, 15) is 9.18 Å². The van der Waals surface area contributed by atoms with Crippen LogP contribution in [0.15, 0.2) is 36.5 Å². The van der Waals surface area contributed by atoms with Crippen molar-refractivity contribution < 1.29 is 18.7 Å². The van der Waals surface area contributed by atoms with E-state index in [2.05, 4.69) is 10.3 Å². The molecule has 0 aliphatic heterocycles. The summed E-state index contributed by atoms with van der Waals surface area (Å²) in [6.45, 7) is 3.29. The Balaban J connectivity index is 1.84.